The van der Waals surface area contributed by atoms with Gasteiger partial charge in [-0.2, -0.15) is 0 Å². The van der Waals surface area contributed by atoms with Crippen molar-refractivity contribution in [2.45, 2.75) is 25.7 Å². The minimum absolute atomic E-state index is 0.0931. The monoisotopic (exact) mass is 257 g/mol. The van der Waals surface area contributed by atoms with Crippen LogP contribution in [0, 0.1) is 5.41 Å². The molecule has 1 rings (SSSR count). The molecular weight excluding hydrogens is 230 g/mol. The van der Waals surface area contributed by atoms with E-state index in [2.05, 4.69) is 10.2 Å². The zero-order chi connectivity index (χ0) is 13.4. The van der Waals surface area contributed by atoms with Gasteiger partial charge in [0.05, 0.1) is 13.2 Å². The minimum atomic E-state index is 0.0931. The molecule has 0 aromatic carbocycles. The number of hydrogen-bond donors (Lipinski definition) is 2. The van der Waals surface area contributed by atoms with Gasteiger partial charge in [0.1, 0.15) is 0 Å². The van der Waals surface area contributed by atoms with Gasteiger partial charge in [0.2, 0.25) is 5.91 Å². The van der Waals surface area contributed by atoms with Gasteiger partial charge in [0, 0.05) is 19.5 Å². The number of carbonyl (C=O) groups is 1. The van der Waals surface area contributed by atoms with Gasteiger partial charge >= 0.3 is 0 Å². The lowest BCUT2D eigenvalue weighted by Gasteiger charge is -2.40. The smallest absolute Gasteiger partial charge is 0.220 e. The third-order valence-electron chi connectivity index (χ3n) is 3.63. The number of nitrogens with zero attached hydrogens (tertiary/aromatic N) is 1. The van der Waals surface area contributed by atoms with Crippen molar-refractivity contribution < 1.29 is 9.53 Å². The Bertz CT molecular complexity index is 247. The number of likely N-dealkylation sites (N-methyl/N-ethyl adjacent to an activating group) is 1. The molecule has 0 aliphatic heterocycles. The van der Waals surface area contributed by atoms with Crippen LogP contribution >= 0.6 is 0 Å². The molecule has 0 spiro atoms. The van der Waals surface area contributed by atoms with Crippen LogP contribution in [-0.2, 0) is 9.53 Å². The zero-order valence-corrected chi connectivity index (χ0v) is 11.7. The van der Waals surface area contributed by atoms with Gasteiger partial charge in [0.15, 0.2) is 0 Å². The first-order chi connectivity index (χ1) is 8.58. The molecule has 0 aromatic heterocycles. The van der Waals surface area contributed by atoms with E-state index in [1.165, 1.54) is 6.42 Å². The molecule has 0 aromatic rings. The van der Waals surface area contributed by atoms with E-state index >= 15 is 0 Å². The Morgan fingerprint density at radius 3 is 2.61 bits per heavy atom. The maximum atomic E-state index is 11.7. The average molecular weight is 257 g/mol. The van der Waals surface area contributed by atoms with E-state index in [4.69, 9.17) is 10.5 Å². The summed E-state index contributed by atoms with van der Waals surface area (Å²) >= 11 is 0. The van der Waals surface area contributed by atoms with Gasteiger partial charge in [-0.05, 0) is 38.9 Å². The van der Waals surface area contributed by atoms with Crippen LogP contribution in [-0.4, -0.2) is 57.8 Å². The quantitative estimate of drug-likeness (QED) is 0.579. The van der Waals surface area contributed by atoms with E-state index in [-0.39, 0.29) is 11.3 Å². The Labute approximate surface area is 110 Å². The Morgan fingerprint density at radius 2 is 2.11 bits per heavy atom. The van der Waals surface area contributed by atoms with Crippen molar-refractivity contribution in [1.82, 2.24) is 10.2 Å². The second-order valence-electron chi connectivity index (χ2n) is 5.50. The Balaban J connectivity index is 2.00. The zero-order valence-electron chi connectivity index (χ0n) is 11.7. The summed E-state index contributed by atoms with van der Waals surface area (Å²) in [6, 6.07) is 0. The van der Waals surface area contributed by atoms with Crippen molar-refractivity contribution in [3.05, 3.63) is 0 Å². The fourth-order valence-electron chi connectivity index (χ4n) is 2.14. The summed E-state index contributed by atoms with van der Waals surface area (Å²) in [7, 11) is 4.02. The standard InChI is InChI=1S/C13H27N3O2/c1-16(2)7-9-18-8-6-15-12(17)10-13(11-14)4-3-5-13/h3-11,14H2,1-2H3,(H,15,17). The van der Waals surface area contributed by atoms with Crippen LogP contribution in [0.4, 0.5) is 0 Å². The molecule has 1 fully saturated rings. The highest BCUT2D eigenvalue weighted by Gasteiger charge is 2.37. The molecule has 5 heteroatoms. The molecule has 106 valence electrons. The van der Waals surface area contributed by atoms with Gasteiger partial charge in [-0.3, -0.25) is 4.79 Å². The normalized spacial score (nSPS) is 17.6. The molecule has 0 heterocycles. The van der Waals surface area contributed by atoms with Crippen molar-refractivity contribution >= 4 is 5.91 Å². The highest BCUT2D eigenvalue weighted by Crippen LogP contribution is 2.42. The second-order valence-corrected chi connectivity index (χ2v) is 5.50. The van der Waals surface area contributed by atoms with E-state index in [0.717, 1.165) is 19.4 Å². The summed E-state index contributed by atoms with van der Waals surface area (Å²) < 4.78 is 5.41. The van der Waals surface area contributed by atoms with Crippen molar-refractivity contribution in [2.24, 2.45) is 11.1 Å². The molecular formula is C13H27N3O2. The molecule has 1 aliphatic rings. The van der Waals surface area contributed by atoms with E-state index in [1.54, 1.807) is 0 Å². The molecule has 0 radical (unpaired) electrons. The van der Waals surface area contributed by atoms with Gasteiger partial charge in [0.25, 0.3) is 0 Å². The van der Waals surface area contributed by atoms with Crippen molar-refractivity contribution in [3.8, 4) is 0 Å². The lowest BCUT2D eigenvalue weighted by atomic mass is 9.66. The number of hydrogen-bond acceptors (Lipinski definition) is 4. The van der Waals surface area contributed by atoms with Crippen molar-refractivity contribution in [2.75, 3.05) is 46.9 Å². The van der Waals surface area contributed by atoms with Crippen LogP contribution in [0.15, 0.2) is 0 Å². The molecule has 0 unspecified atom stereocenters. The van der Waals surface area contributed by atoms with Crippen molar-refractivity contribution in [3.63, 3.8) is 0 Å². The maximum absolute atomic E-state index is 11.7. The topological polar surface area (TPSA) is 67.6 Å². The number of rotatable bonds is 9. The average Bonchev–Trinajstić information content (AvgIpc) is 2.28. The molecule has 0 saturated heterocycles. The SMILES string of the molecule is CN(C)CCOCCNC(=O)CC1(CN)CCC1. The first-order valence-corrected chi connectivity index (χ1v) is 6.77. The lowest BCUT2D eigenvalue weighted by Crippen LogP contribution is -2.42. The third-order valence-corrected chi connectivity index (χ3v) is 3.63. The van der Waals surface area contributed by atoms with Crippen molar-refractivity contribution in [1.29, 1.82) is 0 Å². The van der Waals surface area contributed by atoms with Crippen LogP contribution in [0.5, 0.6) is 0 Å². The number of ether oxygens (including phenoxy) is 1. The molecule has 1 saturated carbocycles. The van der Waals surface area contributed by atoms with Gasteiger partial charge < -0.3 is 20.7 Å². The first-order valence-electron chi connectivity index (χ1n) is 6.77. The minimum Gasteiger partial charge on any atom is -0.378 e. The summed E-state index contributed by atoms with van der Waals surface area (Å²) in [6.07, 6.45) is 3.96. The predicted octanol–water partition coefficient (Wildman–Crippen LogP) is 0.200. The summed E-state index contributed by atoms with van der Waals surface area (Å²) in [5, 5.41) is 2.90. The summed E-state index contributed by atoms with van der Waals surface area (Å²) in [5.41, 5.74) is 5.82. The molecule has 18 heavy (non-hydrogen) atoms. The van der Waals surface area contributed by atoms with E-state index in [9.17, 15) is 4.79 Å². The number of nitrogens with one attached hydrogen (secondary N) is 1. The lowest BCUT2D eigenvalue weighted by molar-refractivity contribution is -0.125. The van der Waals surface area contributed by atoms with Crippen LogP contribution < -0.4 is 11.1 Å². The molecule has 0 atom stereocenters. The first kappa shape index (κ1) is 15.4. The number of nitrogens with two attached hydrogens (primary N) is 1. The highest BCUT2D eigenvalue weighted by atomic mass is 16.5. The highest BCUT2D eigenvalue weighted by molar-refractivity contribution is 5.76. The molecule has 1 aliphatic carbocycles. The molecule has 0 bridgehead atoms. The summed E-state index contributed by atoms with van der Waals surface area (Å²) in [4.78, 5) is 13.8. The van der Waals surface area contributed by atoms with E-state index < -0.39 is 0 Å². The second kappa shape index (κ2) is 7.71. The van der Waals surface area contributed by atoms with Crippen LogP contribution in [0.1, 0.15) is 25.7 Å². The Kier molecular flexibility index (Phi) is 6.60. The largest absolute Gasteiger partial charge is 0.378 e. The Hall–Kier alpha value is -0.650. The van der Waals surface area contributed by atoms with Gasteiger partial charge in [-0.15, -0.1) is 0 Å². The van der Waals surface area contributed by atoms with Crippen LogP contribution in [0.2, 0.25) is 0 Å². The molecule has 1 amide bonds. The van der Waals surface area contributed by atoms with E-state index in [1.807, 2.05) is 14.1 Å². The fraction of sp³-hybridized carbons (Fsp3) is 0.923. The maximum Gasteiger partial charge on any atom is 0.220 e. The summed E-state index contributed by atoms with van der Waals surface area (Å²) in [6.45, 7) is 3.40. The van der Waals surface area contributed by atoms with Crippen LogP contribution in [0.3, 0.4) is 0 Å². The van der Waals surface area contributed by atoms with Gasteiger partial charge in [-0.1, -0.05) is 6.42 Å². The van der Waals surface area contributed by atoms with Crippen LogP contribution in [0.25, 0.3) is 0 Å². The fourth-order valence-corrected chi connectivity index (χ4v) is 2.14. The molecule has 3 N–H and O–H groups in total. The number of amides is 1. The van der Waals surface area contributed by atoms with E-state index in [0.29, 0.717) is 32.7 Å². The third kappa shape index (κ3) is 5.33. The number of carbonyl (C=O) groups excluding carboxylic acids is 1. The molecule has 5 nitrogen and oxygen atoms in total. The predicted molar refractivity (Wildman–Crippen MR) is 72.3 cm³/mol. The summed E-state index contributed by atoms with van der Waals surface area (Å²) in [5.74, 6) is 0.108. The van der Waals surface area contributed by atoms with Gasteiger partial charge in [-0.25, -0.2) is 0 Å². The Morgan fingerprint density at radius 1 is 1.39 bits per heavy atom.